The van der Waals surface area contributed by atoms with Crippen LogP contribution >= 0.6 is 23.2 Å². The summed E-state index contributed by atoms with van der Waals surface area (Å²) in [5.74, 6) is 0.511. The van der Waals surface area contributed by atoms with E-state index in [1.807, 2.05) is 26.5 Å². The topological polar surface area (TPSA) is 38.1 Å². The van der Waals surface area contributed by atoms with Gasteiger partial charge < -0.3 is 4.90 Å². The molecule has 114 valence electrons. The number of benzene rings is 1. The Balaban J connectivity index is 1.90. The SMILES string of the molecule is CN(CC[S@@](=O)c1cc(Cl)ccc1Cl)Cc1cnn(C)c1. The van der Waals surface area contributed by atoms with Crippen molar-refractivity contribution in [3.05, 3.63) is 46.2 Å². The summed E-state index contributed by atoms with van der Waals surface area (Å²) < 4.78 is 14.1. The Morgan fingerprint density at radius 1 is 1.38 bits per heavy atom. The van der Waals surface area contributed by atoms with Crippen LogP contribution in [0.3, 0.4) is 0 Å². The molecule has 1 heterocycles. The van der Waals surface area contributed by atoms with E-state index in [1.54, 1.807) is 22.9 Å². The van der Waals surface area contributed by atoms with Gasteiger partial charge in [0.2, 0.25) is 0 Å². The van der Waals surface area contributed by atoms with E-state index in [-0.39, 0.29) is 0 Å². The molecular formula is C14H17Cl2N3OS. The number of hydrogen-bond donors (Lipinski definition) is 0. The second-order valence-electron chi connectivity index (χ2n) is 4.88. The van der Waals surface area contributed by atoms with Gasteiger partial charge in [0.15, 0.2) is 0 Å². The van der Waals surface area contributed by atoms with Gasteiger partial charge in [0.25, 0.3) is 0 Å². The lowest BCUT2D eigenvalue weighted by Crippen LogP contribution is -2.23. The maximum Gasteiger partial charge on any atom is 0.0589 e. The van der Waals surface area contributed by atoms with E-state index < -0.39 is 10.8 Å². The average molecular weight is 346 g/mol. The van der Waals surface area contributed by atoms with Crippen LogP contribution in [0.1, 0.15) is 5.56 Å². The first-order valence-corrected chi connectivity index (χ1v) is 8.52. The third-order valence-corrected chi connectivity index (χ3v) is 5.07. The van der Waals surface area contributed by atoms with Gasteiger partial charge in [-0.2, -0.15) is 5.10 Å². The molecule has 0 fully saturated rings. The van der Waals surface area contributed by atoms with E-state index >= 15 is 0 Å². The molecule has 0 N–H and O–H groups in total. The van der Waals surface area contributed by atoms with Gasteiger partial charge in [-0.05, 0) is 25.2 Å². The molecule has 0 saturated heterocycles. The Labute approximate surface area is 137 Å². The zero-order valence-electron chi connectivity index (χ0n) is 11.9. The van der Waals surface area contributed by atoms with Crippen LogP contribution in [0, 0.1) is 0 Å². The molecule has 1 aromatic heterocycles. The largest absolute Gasteiger partial charge is 0.301 e. The Morgan fingerprint density at radius 2 is 2.14 bits per heavy atom. The van der Waals surface area contributed by atoms with Crippen molar-refractivity contribution < 1.29 is 4.21 Å². The second kappa shape index (κ2) is 7.40. The van der Waals surface area contributed by atoms with E-state index in [9.17, 15) is 4.21 Å². The van der Waals surface area contributed by atoms with Crippen LogP contribution in [0.2, 0.25) is 10.0 Å². The first kappa shape index (κ1) is 16.5. The van der Waals surface area contributed by atoms with Crippen LogP contribution in [0.25, 0.3) is 0 Å². The Morgan fingerprint density at radius 3 is 2.81 bits per heavy atom. The molecule has 4 nitrogen and oxygen atoms in total. The Kier molecular flexibility index (Phi) is 5.81. The van der Waals surface area contributed by atoms with Crippen molar-refractivity contribution in [3.8, 4) is 0 Å². The van der Waals surface area contributed by atoms with Crippen molar-refractivity contribution in [2.24, 2.45) is 7.05 Å². The third kappa shape index (κ3) is 4.81. The minimum Gasteiger partial charge on any atom is -0.301 e. The molecule has 1 atom stereocenters. The summed E-state index contributed by atoms with van der Waals surface area (Å²) >= 11 is 12.0. The van der Waals surface area contributed by atoms with Crippen LogP contribution in [0.4, 0.5) is 0 Å². The lowest BCUT2D eigenvalue weighted by atomic mass is 10.3. The molecule has 21 heavy (non-hydrogen) atoms. The monoisotopic (exact) mass is 345 g/mol. The molecule has 7 heteroatoms. The van der Waals surface area contributed by atoms with E-state index in [4.69, 9.17) is 23.2 Å². The van der Waals surface area contributed by atoms with Crippen molar-refractivity contribution in [2.75, 3.05) is 19.3 Å². The van der Waals surface area contributed by atoms with Gasteiger partial charge in [0.1, 0.15) is 0 Å². The van der Waals surface area contributed by atoms with Crippen molar-refractivity contribution >= 4 is 34.0 Å². The smallest absolute Gasteiger partial charge is 0.0589 e. The lowest BCUT2D eigenvalue weighted by Gasteiger charge is -2.15. The van der Waals surface area contributed by atoms with Crippen molar-refractivity contribution in [2.45, 2.75) is 11.4 Å². The predicted molar refractivity (Wildman–Crippen MR) is 87.3 cm³/mol. The van der Waals surface area contributed by atoms with E-state index in [0.29, 0.717) is 27.2 Å². The van der Waals surface area contributed by atoms with Crippen molar-refractivity contribution in [3.63, 3.8) is 0 Å². The first-order chi connectivity index (χ1) is 9.95. The van der Waals surface area contributed by atoms with Gasteiger partial charge in [-0.25, -0.2) is 0 Å². The third-order valence-electron chi connectivity index (χ3n) is 3.01. The van der Waals surface area contributed by atoms with Gasteiger partial charge >= 0.3 is 0 Å². The maximum atomic E-state index is 12.3. The quantitative estimate of drug-likeness (QED) is 0.807. The summed E-state index contributed by atoms with van der Waals surface area (Å²) in [5, 5.41) is 5.17. The average Bonchev–Trinajstić information content (AvgIpc) is 2.84. The van der Waals surface area contributed by atoms with Gasteiger partial charge in [0.05, 0.1) is 26.9 Å². The molecule has 0 aliphatic rings. The van der Waals surface area contributed by atoms with Crippen LogP contribution in [0.5, 0.6) is 0 Å². The molecule has 1 aromatic carbocycles. The zero-order valence-corrected chi connectivity index (χ0v) is 14.3. The lowest BCUT2D eigenvalue weighted by molar-refractivity contribution is 0.347. The van der Waals surface area contributed by atoms with Crippen LogP contribution < -0.4 is 0 Å². The van der Waals surface area contributed by atoms with Crippen molar-refractivity contribution in [1.29, 1.82) is 0 Å². The number of nitrogens with zero attached hydrogens (tertiary/aromatic N) is 3. The Bertz CT molecular complexity index is 645. The molecule has 2 rings (SSSR count). The van der Waals surface area contributed by atoms with Gasteiger partial charge in [-0.1, -0.05) is 23.2 Å². The summed E-state index contributed by atoms with van der Waals surface area (Å²) in [6.45, 7) is 1.47. The van der Waals surface area contributed by atoms with E-state index in [2.05, 4.69) is 10.00 Å². The molecule has 0 amide bonds. The van der Waals surface area contributed by atoms with Crippen molar-refractivity contribution in [1.82, 2.24) is 14.7 Å². The summed E-state index contributed by atoms with van der Waals surface area (Å²) in [5.41, 5.74) is 1.13. The molecule has 2 aromatic rings. The summed E-state index contributed by atoms with van der Waals surface area (Å²) in [4.78, 5) is 2.70. The highest BCUT2D eigenvalue weighted by molar-refractivity contribution is 7.85. The standard InChI is InChI=1S/C14H17Cl2N3OS/c1-18(9-11-8-17-19(2)10-11)5-6-21(20)14-7-12(15)3-4-13(14)16/h3-4,7-8,10H,5-6,9H2,1-2H3/t21-/m1/s1. The van der Waals surface area contributed by atoms with Crippen LogP contribution in [-0.2, 0) is 24.4 Å². The van der Waals surface area contributed by atoms with Gasteiger partial charge in [0, 0.05) is 42.7 Å². The van der Waals surface area contributed by atoms with Crippen LogP contribution in [-0.4, -0.2) is 38.2 Å². The predicted octanol–water partition coefficient (Wildman–Crippen LogP) is 2.97. The number of halogens is 2. The number of rotatable bonds is 6. The summed E-state index contributed by atoms with van der Waals surface area (Å²) in [6, 6.07) is 5.04. The molecule has 0 bridgehead atoms. The summed E-state index contributed by atoms with van der Waals surface area (Å²) in [6.07, 6.45) is 3.81. The van der Waals surface area contributed by atoms with Gasteiger partial charge in [-0.3, -0.25) is 8.89 Å². The number of aromatic nitrogens is 2. The molecule has 0 spiro atoms. The van der Waals surface area contributed by atoms with E-state index in [0.717, 1.165) is 12.1 Å². The minimum atomic E-state index is -1.16. The fourth-order valence-corrected chi connectivity index (χ4v) is 3.80. The maximum absolute atomic E-state index is 12.3. The van der Waals surface area contributed by atoms with Crippen LogP contribution in [0.15, 0.2) is 35.5 Å². The van der Waals surface area contributed by atoms with Gasteiger partial charge in [-0.15, -0.1) is 0 Å². The van der Waals surface area contributed by atoms with E-state index in [1.165, 1.54) is 0 Å². The minimum absolute atomic E-state index is 0.493. The molecule has 0 aliphatic heterocycles. The highest BCUT2D eigenvalue weighted by Gasteiger charge is 2.11. The zero-order chi connectivity index (χ0) is 15.4. The summed E-state index contributed by atoms with van der Waals surface area (Å²) in [7, 11) is 2.72. The molecule has 0 aliphatic carbocycles. The second-order valence-corrected chi connectivity index (χ2v) is 7.27. The first-order valence-electron chi connectivity index (χ1n) is 6.45. The number of aryl methyl sites for hydroxylation is 1. The molecule has 0 saturated carbocycles. The Hall–Kier alpha value is -0.880. The highest BCUT2D eigenvalue weighted by atomic mass is 35.5. The molecule has 0 unspecified atom stereocenters. The normalized spacial score (nSPS) is 12.8. The molecule has 0 radical (unpaired) electrons. The molecular weight excluding hydrogens is 329 g/mol. The highest BCUT2D eigenvalue weighted by Crippen LogP contribution is 2.23. The fourth-order valence-electron chi connectivity index (χ4n) is 1.94. The fraction of sp³-hybridized carbons (Fsp3) is 0.357. The number of hydrogen-bond acceptors (Lipinski definition) is 3.